The van der Waals surface area contributed by atoms with Gasteiger partial charge in [0.1, 0.15) is 0 Å². The molecule has 0 aliphatic rings. The maximum atomic E-state index is 12.7. The van der Waals surface area contributed by atoms with Crippen LogP contribution in [0.3, 0.4) is 0 Å². The van der Waals surface area contributed by atoms with Gasteiger partial charge in [0.15, 0.2) is 0 Å². The summed E-state index contributed by atoms with van der Waals surface area (Å²) in [6.07, 6.45) is 0. The van der Waals surface area contributed by atoms with E-state index < -0.39 is 6.04 Å². The van der Waals surface area contributed by atoms with E-state index in [-0.39, 0.29) is 11.9 Å². The number of rotatable bonds is 6. The SMILES string of the molecule is C[C@@H](NC(c1ccccc1)c1ccccc1)C(=O)Nc1cccc(C#N)c1. The molecule has 0 saturated carbocycles. The molecule has 27 heavy (non-hydrogen) atoms. The maximum Gasteiger partial charge on any atom is 0.241 e. The van der Waals surface area contributed by atoms with Crippen LogP contribution in [-0.4, -0.2) is 11.9 Å². The molecule has 134 valence electrons. The Hall–Kier alpha value is -3.42. The minimum atomic E-state index is -0.429. The third-order valence-electron chi connectivity index (χ3n) is 4.33. The molecule has 0 heterocycles. The number of carbonyl (C=O) groups is 1. The lowest BCUT2D eigenvalue weighted by Gasteiger charge is -2.24. The third kappa shape index (κ3) is 4.81. The van der Waals surface area contributed by atoms with Crippen molar-refractivity contribution in [3.8, 4) is 6.07 Å². The molecule has 2 N–H and O–H groups in total. The van der Waals surface area contributed by atoms with E-state index in [0.717, 1.165) is 11.1 Å². The van der Waals surface area contributed by atoms with E-state index >= 15 is 0 Å². The third-order valence-corrected chi connectivity index (χ3v) is 4.33. The Labute approximate surface area is 159 Å². The topological polar surface area (TPSA) is 64.9 Å². The fraction of sp³-hybridized carbons (Fsp3) is 0.130. The number of benzene rings is 3. The quantitative estimate of drug-likeness (QED) is 0.694. The zero-order valence-electron chi connectivity index (χ0n) is 15.1. The van der Waals surface area contributed by atoms with Gasteiger partial charge in [-0.05, 0) is 36.2 Å². The highest BCUT2D eigenvalue weighted by molar-refractivity contribution is 5.94. The predicted molar refractivity (Wildman–Crippen MR) is 107 cm³/mol. The first-order chi connectivity index (χ1) is 13.2. The molecule has 3 rings (SSSR count). The molecule has 0 radical (unpaired) electrons. The second-order valence-corrected chi connectivity index (χ2v) is 6.32. The molecule has 1 amide bonds. The number of anilines is 1. The van der Waals surface area contributed by atoms with Gasteiger partial charge in [-0.25, -0.2) is 0 Å². The van der Waals surface area contributed by atoms with Crippen LogP contribution in [0.25, 0.3) is 0 Å². The number of nitriles is 1. The lowest BCUT2D eigenvalue weighted by molar-refractivity contribution is -0.117. The zero-order chi connectivity index (χ0) is 19.1. The fourth-order valence-electron chi connectivity index (χ4n) is 2.92. The van der Waals surface area contributed by atoms with Crippen LogP contribution in [0, 0.1) is 11.3 Å². The van der Waals surface area contributed by atoms with Crippen molar-refractivity contribution >= 4 is 11.6 Å². The molecule has 3 aromatic rings. The van der Waals surface area contributed by atoms with Gasteiger partial charge in [-0.1, -0.05) is 66.7 Å². The van der Waals surface area contributed by atoms with Gasteiger partial charge in [0.25, 0.3) is 0 Å². The lowest BCUT2D eigenvalue weighted by atomic mass is 9.98. The van der Waals surface area contributed by atoms with E-state index in [2.05, 4.69) is 16.7 Å². The van der Waals surface area contributed by atoms with Gasteiger partial charge in [0.05, 0.1) is 23.7 Å². The van der Waals surface area contributed by atoms with Crippen LogP contribution < -0.4 is 10.6 Å². The molecule has 0 saturated heterocycles. The number of amides is 1. The largest absolute Gasteiger partial charge is 0.325 e. The summed E-state index contributed by atoms with van der Waals surface area (Å²) in [5.74, 6) is -0.151. The highest BCUT2D eigenvalue weighted by Crippen LogP contribution is 2.22. The van der Waals surface area contributed by atoms with Gasteiger partial charge in [-0.15, -0.1) is 0 Å². The number of nitrogens with zero attached hydrogens (tertiary/aromatic N) is 1. The summed E-state index contributed by atoms with van der Waals surface area (Å²) in [6.45, 7) is 1.84. The second-order valence-electron chi connectivity index (χ2n) is 6.32. The predicted octanol–water partition coefficient (Wildman–Crippen LogP) is 4.26. The van der Waals surface area contributed by atoms with Crippen LogP contribution in [0.1, 0.15) is 29.7 Å². The van der Waals surface area contributed by atoms with E-state index in [1.54, 1.807) is 24.3 Å². The zero-order valence-corrected chi connectivity index (χ0v) is 15.1. The van der Waals surface area contributed by atoms with Crippen LogP contribution in [0.5, 0.6) is 0 Å². The Morgan fingerprint density at radius 2 is 1.48 bits per heavy atom. The average Bonchev–Trinajstić information content (AvgIpc) is 2.73. The first kappa shape index (κ1) is 18.4. The fourth-order valence-corrected chi connectivity index (χ4v) is 2.92. The summed E-state index contributed by atoms with van der Waals surface area (Å²) in [5.41, 5.74) is 3.31. The molecule has 0 aliphatic carbocycles. The lowest BCUT2D eigenvalue weighted by Crippen LogP contribution is -2.40. The summed E-state index contributed by atoms with van der Waals surface area (Å²) >= 11 is 0. The number of carbonyl (C=O) groups excluding carboxylic acids is 1. The smallest absolute Gasteiger partial charge is 0.241 e. The molecule has 1 atom stereocenters. The summed E-state index contributed by atoms with van der Waals surface area (Å²) in [6, 6.07) is 28.6. The Balaban J connectivity index is 1.77. The first-order valence-corrected chi connectivity index (χ1v) is 8.84. The van der Waals surface area contributed by atoms with Crippen molar-refractivity contribution in [1.82, 2.24) is 5.32 Å². The number of nitrogens with one attached hydrogen (secondary N) is 2. The number of hydrogen-bond acceptors (Lipinski definition) is 3. The standard InChI is InChI=1S/C23H21N3O/c1-17(23(27)26-21-14-8-9-18(15-21)16-24)25-22(19-10-4-2-5-11-19)20-12-6-3-7-13-20/h2-15,17,22,25H,1H3,(H,26,27)/t17-/m1/s1. The Morgan fingerprint density at radius 1 is 0.889 bits per heavy atom. The van der Waals surface area contributed by atoms with Gasteiger partial charge in [0.2, 0.25) is 5.91 Å². The van der Waals surface area contributed by atoms with Gasteiger partial charge in [-0.3, -0.25) is 10.1 Å². The highest BCUT2D eigenvalue weighted by atomic mass is 16.2. The number of hydrogen-bond donors (Lipinski definition) is 2. The van der Waals surface area contributed by atoms with Crippen molar-refractivity contribution in [3.05, 3.63) is 102 Å². The molecule has 0 aromatic heterocycles. The Morgan fingerprint density at radius 3 is 2.04 bits per heavy atom. The molecule has 0 spiro atoms. The highest BCUT2D eigenvalue weighted by Gasteiger charge is 2.20. The molecule has 3 aromatic carbocycles. The van der Waals surface area contributed by atoms with Crippen molar-refractivity contribution in [2.45, 2.75) is 19.0 Å². The van der Waals surface area contributed by atoms with Crippen LogP contribution in [0.4, 0.5) is 5.69 Å². The molecule has 0 fully saturated rings. The molecule has 0 aliphatic heterocycles. The molecule has 0 unspecified atom stereocenters. The van der Waals surface area contributed by atoms with E-state index in [9.17, 15) is 4.79 Å². The summed E-state index contributed by atoms with van der Waals surface area (Å²) in [7, 11) is 0. The molecular formula is C23H21N3O. The van der Waals surface area contributed by atoms with Gasteiger partial charge in [-0.2, -0.15) is 5.26 Å². The van der Waals surface area contributed by atoms with Crippen LogP contribution in [0.15, 0.2) is 84.9 Å². The molecular weight excluding hydrogens is 334 g/mol. The van der Waals surface area contributed by atoms with Crippen LogP contribution >= 0.6 is 0 Å². The summed E-state index contributed by atoms with van der Waals surface area (Å²) < 4.78 is 0. The maximum absolute atomic E-state index is 12.7. The first-order valence-electron chi connectivity index (χ1n) is 8.84. The normalized spacial score (nSPS) is 11.6. The Kier molecular flexibility index (Phi) is 5.98. The van der Waals surface area contributed by atoms with Crippen LogP contribution in [-0.2, 0) is 4.79 Å². The molecule has 4 heteroatoms. The molecule has 0 bridgehead atoms. The van der Waals surface area contributed by atoms with Crippen molar-refractivity contribution in [2.24, 2.45) is 0 Å². The molecule has 4 nitrogen and oxygen atoms in total. The van der Waals surface area contributed by atoms with Crippen molar-refractivity contribution in [2.75, 3.05) is 5.32 Å². The monoisotopic (exact) mass is 355 g/mol. The summed E-state index contributed by atoms with van der Waals surface area (Å²) in [5, 5.41) is 15.3. The minimum Gasteiger partial charge on any atom is -0.325 e. The summed E-state index contributed by atoms with van der Waals surface area (Å²) in [4.78, 5) is 12.7. The van der Waals surface area contributed by atoms with Crippen molar-refractivity contribution in [3.63, 3.8) is 0 Å². The van der Waals surface area contributed by atoms with E-state index in [4.69, 9.17) is 5.26 Å². The van der Waals surface area contributed by atoms with E-state index in [1.165, 1.54) is 0 Å². The minimum absolute atomic E-state index is 0.0985. The average molecular weight is 355 g/mol. The Bertz CT molecular complexity index is 893. The van der Waals surface area contributed by atoms with Crippen molar-refractivity contribution in [1.29, 1.82) is 5.26 Å². The van der Waals surface area contributed by atoms with E-state index in [1.807, 2.05) is 67.6 Å². The van der Waals surface area contributed by atoms with Gasteiger partial charge in [0, 0.05) is 5.69 Å². The van der Waals surface area contributed by atoms with Gasteiger partial charge < -0.3 is 5.32 Å². The van der Waals surface area contributed by atoms with Crippen LogP contribution in [0.2, 0.25) is 0 Å². The second kappa shape index (κ2) is 8.79. The van der Waals surface area contributed by atoms with Crippen molar-refractivity contribution < 1.29 is 4.79 Å². The van der Waals surface area contributed by atoms with Gasteiger partial charge >= 0.3 is 0 Å². The van der Waals surface area contributed by atoms with E-state index in [0.29, 0.717) is 11.3 Å².